The molecule has 0 amide bonds. The number of hydrogen-bond donors (Lipinski definition) is 0. The van der Waals surface area contributed by atoms with Gasteiger partial charge in [-0.15, -0.1) is 5.10 Å². The lowest BCUT2D eigenvalue weighted by Crippen LogP contribution is -2.40. The van der Waals surface area contributed by atoms with E-state index >= 15 is 0 Å². The quantitative estimate of drug-likeness (QED) is 0.778. The van der Waals surface area contributed by atoms with E-state index < -0.39 is 45.4 Å². The third kappa shape index (κ3) is 2.60. The topological polar surface area (TPSA) is 47.8 Å². The Morgan fingerprint density at radius 3 is 2.33 bits per heavy atom. The van der Waals surface area contributed by atoms with Gasteiger partial charge in [0.25, 0.3) is 0 Å². The molecule has 4 nitrogen and oxygen atoms in total. The highest BCUT2D eigenvalue weighted by atomic mass is 32.2. The molecule has 0 spiro atoms. The number of halogens is 6. The molecule has 130 valence electrons. The summed E-state index contributed by atoms with van der Waals surface area (Å²) in [5, 5.41) is -3.30. The predicted molar refractivity (Wildman–Crippen MR) is 70.5 cm³/mol. The maximum absolute atomic E-state index is 14.0. The molecular weight excluding hydrogens is 360 g/mol. The normalized spacial score (nSPS) is 22.4. The maximum Gasteiger partial charge on any atom is 0.467 e. The molecule has 1 aliphatic heterocycles. The van der Waals surface area contributed by atoms with Crippen molar-refractivity contribution < 1.29 is 30.6 Å². The second-order valence-electron chi connectivity index (χ2n) is 5.11. The maximum atomic E-state index is 14.0. The zero-order chi connectivity index (χ0) is 17.7. The van der Waals surface area contributed by atoms with Gasteiger partial charge >= 0.3 is 11.4 Å². The monoisotopic (exact) mass is 369 g/mol. The summed E-state index contributed by atoms with van der Waals surface area (Å²) in [6, 6.07) is 7.58. The summed E-state index contributed by atoms with van der Waals surface area (Å²) in [5.74, 6) is -0.412. The zero-order valence-corrected chi connectivity index (χ0v) is 12.5. The summed E-state index contributed by atoms with van der Waals surface area (Å²) in [6.45, 7) is 0. The minimum Gasteiger partial charge on any atom is -0.244 e. The van der Waals surface area contributed by atoms with E-state index in [-0.39, 0.29) is 6.42 Å². The van der Waals surface area contributed by atoms with Crippen LogP contribution >= 0.6 is 0 Å². The van der Waals surface area contributed by atoms with Crippen molar-refractivity contribution in [1.29, 1.82) is 0 Å². The Labute approximate surface area is 134 Å². The number of fused-ring (bicyclic) bond motifs is 1. The van der Waals surface area contributed by atoms with Crippen LogP contribution in [0.2, 0.25) is 0 Å². The van der Waals surface area contributed by atoms with E-state index in [1.807, 2.05) is 0 Å². The Bertz CT molecular complexity index is 776. The van der Waals surface area contributed by atoms with Crippen LogP contribution in [-0.2, 0) is 10.8 Å². The molecule has 0 aliphatic carbocycles. The molecule has 1 aliphatic rings. The molecule has 3 atom stereocenters. The van der Waals surface area contributed by atoms with Crippen LogP contribution < -0.4 is 0 Å². The van der Waals surface area contributed by atoms with Crippen molar-refractivity contribution in [1.82, 2.24) is 14.8 Å². The van der Waals surface area contributed by atoms with Crippen LogP contribution in [0.3, 0.4) is 0 Å². The van der Waals surface area contributed by atoms with Gasteiger partial charge in [0, 0.05) is 6.42 Å². The number of alkyl halides is 6. The first-order valence-corrected chi connectivity index (χ1v) is 7.80. The number of aromatic nitrogens is 3. The highest BCUT2D eigenvalue weighted by Crippen LogP contribution is 2.43. The third-order valence-corrected chi connectivity index (χ3v) is 4.76. The van der Waals surface area contributed by atoms with Gasteiger partial charge in [0.05, 0.1) is 6.04 Å². The first kappa shape index (κ1) is 16.9. The molecular formula is C13H9F6N3OS. The van der Waals surface area contributed by atoms with E-state index in [0.29, 0.717) is 5.56 Å². The van der Waals surface area contributed by atoms with Gasteiger partial charge < -0.3 is 0 Å². The number of benzene rings is 1. The Balaban J connectivity index is 1.99. The Morgan fingerprint density at radius 1 is 1.12 bits per heavy atom. The molecule has 1 unspecified atom stereocenters. The molecule has 0 bridgehead atoms. The molecule has 0 saturated carbocycles. The Kier molecular flexibility index (Phi) is 3.93. The van der Waals surface area contributed by atoms with Gasteiger partial charge in [0.15, 0.2) is 22.8 Å². The fourth-order valence-corrected chi connectivity index (χ4v) is 3.19. The molecule has 2 heterocycles. The van der Waals surface area contributed by atoms with Gasteiger partial charge in [-0.25, -0.2) is 18.3 Å². The number of hydrogen-bond acceptors (Lipinski definition) is 3. The average molecular weight is 369 g/mol. The van der Waals surface area contributed by atoms with E-state index in [9.17, 15) is 30.6 Å². The van der Waals surface area contributed by atoms with Crippen LogP contribution in [-0.4, -0.2) is 30.4 Å². The summed E-state index contributed by atoms with van der Waals surface area (Å²) in [6.07, 6.45) is -7.81. The van der Waals surface area contributed by atoms with Gasteiger partial charge in [-0.2, -0.15) is 22.0 Å². The van der Waals surface area contributed by atoms with Crippen LogP contribution in [0.25, 0.3) is 0 Å². The van der Waals surface area contributed by atoms with Gasteiger partial charge in [0.2, 0.25) is 5.16 Å². The summed E-state index contributed by atoms with van der Waals surface area (Å²) >= 11 is 0. The van der Waals surface area contributed by atoms with E-state index in [1.165, 1.54) is 0 Å². The van der Waals surface area contributed by atoms with E-state index in [2.05, 4.69) is 10.1 Å². The first-order chi connectivity index (χ1) is 11.1. The summed E-state index contributed by atoms with van der Waals surface area (Å²) in [4.78, 5) is 3.32. The molecule has 24 heavy (non-hydrogen) atoms. The van der Waals surface area contributed by atoms with Gasteiger partial charge in [0.1, 0.15) is 0 Å². The largest absolute Gasteiger partial charge is 0.467 e. The molecule has 1 aromatic heterocycles. The smallest absolute Gasteiger partial charge is 0.244 e. The fraction of sp³-hybridized carbons (Fsp3) is 0.385. The van der Waals surface area contributed by atoms with Crippen molar-refractivity contribution >= 4 is 10.8 Å². The van der Waals surface area contributed by atoms with Crippen LogP contribution in [0.5, 0.6) is 0 Å². The minimum atomic E-state index is -6.03. The van der Waals surface area contributed by atoms with Gasteiger partial charge in [-0.05, 0) is 5.56 Å². The van der Waals surface area contributed by atoms with E-state index in [1.54, 1.807) is 30.3 Å². The average Bonchev–Trinajstić information content (AvgIpc) is 3.07. The second kappa shape index (κ2) is 5.57. The Morgan fingerprint density at radius 2 is 1.75 bits per heavy atom. The molecule has 1 aromatic carbocycles. The van der Waals surface area contributed by atoms with Crippen molar-refractivity contribution in [2.45, 2.75) is 35.2 Å². The van der Waals surface area contributed by atoms with E-state index in [4.69, 9.17) is 0 Å². The van der Waals surface area contributed by atoms with Crippen LogP contribution in [0.1, 0.15) is 30.0 Å². The Hall–Kier alpha value is -1.91. The lowest BCUT2D eigenvalue weighted by Gasteiger charge is -2.17. The summed E-state index contributed by atoms with van der Waals surface area (Å²) in [5.41, 5.74) is 0.587. The molecule has 0 radical (unpaired) electrons. The zero-order valence-electron chi connectivity index (χ0n) is 11.7. The lowest BCUT2D eigenvalue weighted by molar-refractivity contribution is -0.239. The summed E-state index contributed by atoms with van der Waals surface area (Å²) < 4.78 is 89.8. The molecule has 11 heteroatoms. The highest BCUT2D eigenvalue weighted by Gasteiger charge is 2.64. The van der Waals surface area contributed by atoms with Crippen LogP contribution in [0, 0.1) is 0 Å². The summed E-state index contributed by atoms with van der Waals surface area (Å²) in [7, 11) is -3.87. The van der Waals surface area contributed by atoms with Crippen LogP contribution in [0.4, 0.5) is 26.3 Å². The van der Waals surface area contributed by atoms with Crippen molar-refractivity contribution in [3.05, 3.63) is 41.7 Å². The predicted octanol–water partition coefficient (Wildman–Crippen LogP) is 3.54. The van der Waals surface area contributed by atoms with E-state index in [0.717, 1.165) is 4.68 Å². The second-order valence-corrected chi connectivity index (χ2v) is 6.53. The lowest BCUT2D eigenvalue weighted by atomic mass is 10.0. The molecule has 0 N–H and O–H groups in total. The van der Waals surface area contributed by atoms with Crippen molar-refractivity contribution in [2.24, 2.45) is 0 Å². The fourth-order valence-electron chi connectivity index (χ4n) is 2.41. The van der Waals surface area contributed by atoms with Gasteiger partial charge in [-0.1, -0.05) is 30.3 Å². The highest BCUT2D eigenvalue weighted by molar-refractivity contribution is 7.86. The molecule has 0 fully saturated rings. The van der Waals surface area contributed by atoms with Crippen molar-refractivity contribution in [3.8, 4) is 0 Å². The standard InChI is InChI=1S/C13H9F6N3OS/c14-8-6-9(7-4-2-1-3-5-7)22-10(8)20-11(21-22)24(23)13(18,19)12(15,16)17/h1-5,8-9H,6H2/t8-,9-,24?/m0/s1. The first-order valence-electron chi connectivity index (χ1n) is 6.65. The van der Waals surface area contributed by atoms with Crippen molar-refractivity contribution in [3.63, 3.8) is 0 Å². The van der Waals surface area contributed by atoms with Crippen molar-refractivity contribution in [2.75, 3.05) is 0 Å². The number of rotatable bonds is 3. The minimum absolute atomic E-state index is 0.0814. The third-order valence-electron chi connectivity index (χ3n) is 3.56. The number of nitrogens with zero attached hydrogens (tertiary/aromatic N) is 3. The van der Waals surface area contributed by atoms with Crippen LogP contribution in [0.15, 0.2) is 35.5 Å². The molecule has 0 saturated heterocycles. The molecule has 3 rings (SSSR count). The SMILES string of the molecule is O=S(c1nc2n(n1)[C@H](c1ccccc1)C[C@@H]2F)C(F)(F)C(F)(F)F. The van der Waals surface area contributed by atoms with Gasteiger partial charge in [-0.3, -0.25) is 0 Å². The molecule has 2 aromatic rings.